The lowest BCUT2D eigenvalue weighted by molar-refractivity contribution is -0.145. The number of esters is 1. The van der Waals surface area contributed by atoms with Crippen LogP contribution in [0.4, 0.5) is 0 Å². The van der Waals surface area contributed by atoms with Gasteiger partial charge in [-0.3, -0.25) is 4.79 Å². The first-order valence-corrected chi connectivity index (χ1v) is 3.46. The maximum atomic E-state index is 10.7. The molecule has 0 saturated carbocycles. The van der Waals surface area contributed by atoms with Gasteiger partial charge in [-0.25, -0.2) is 0 Å². The molecule has 0 aromatic heterocycles. The van der Waals surface area contributed by atoms with E-state index in [1.807, 2.05) is 13.8 Å². The van der Waals surface area contributed by atoms with Gasteiger partial charge in [-0.1, -0.05) is 13.8 Å². The highest BCUT2D eigenvalue weighted by Crippen LogP contribution is 1.93. The Morgan fingerprint density at radius 1 is 1.50 bits per heavy atom. The van der Waals surface area contributed by atoms with Crippen molar-refractivity contribution in [3.8, 4) is 0 Å². The molecule has 0 rings (SSSR count). The van der Waals surface area contributed by atoms with Crippen LogP contribution in [0.2, 0.25) is 0 Å². The zero-order valence-electron chi connectivity index (χ0n) is 6.76. The SMILES string of the molecule is CC(C)COC(=O)C(C)N. The summed E-state index contributed by atoms with van der Waals surface area (Å²) >= 11 is 0. The third-order valence-corrected chi connectivity index (χ3v) is 0.931. The van der Waals surface area contributed by atoms with Gasteiger partial charge in [-0.05, 0) is 12.8 Å². The predicted molar refractivity (Wildman–Crippen MR) is 39.4 cm³/mol. The van der Waals surface area contributed by atoms with Crippen LogP contribution < -0.4 is 5.73 Å². The van der Waals surface area contributed by atoms with E-state index >= 15 is 0 Å². The zero-order valence-corrected chi connectivity index (χ0v) is 6.76. The topological polar surface area (TPSA) is 52.3 Å². The predicted octanol–water partition coefficient (Wildman–Crippen LogP) is 0.533. The van der Waals surface area contributed by atoms with E-state index in [0.717, 1.165) is 0 Å². The summed E-state index contributed by atoms with van der Waals surface area (Å²) in [6.07, 6.45) is 0. The van der Waals surface area contributed by atoms with Gasteiger partial charge < -0.3 is 10.5 Å². The molecular formula is C7H15NO2. The first kappa shape index (κ1) is 9.43. The lowest BCUT2D eigenvalue weighted by atomic mass is 10.2. The van der Waals surface area contributed by atoms with E-state index in [2.05, 4.69) is 0 Å². The Morgan fingerprint density at radius 2 is 2.00 bits per heavy atom. The van der Waals surface area contributed by atoms with E-state index in [9.17, 15) is 4.79 Å². The Kier molecular flexibility index (Phi) is 4.03. The first-order valence-electron chi connectivity index (χ1n) is 3.46. The van der Waals surface area contributed by atoms with Crippen molar-refractivity contribution in [1.29, 1.82) is 0 Å². The largest absolute Gasteiger partial charge is 0.464 e. The molecule has 0 aliphatic heterocycles. The van der Waals surface area contributed by atoms with Crippen LogP contribution in [0.15, 0.2) is 0 Å². The van der Waals surface area contributed by atoms with Crippen LogP contribution in [0.1, 0.15) is 20.8 Å². The minimum absolute atomic E-state index is 0.325. The monoisotopic (exact) mass is 145 g/mol. The van der Waals surface area contributed by atoms with Crippen molar-refractivity contribution in [3.63, 3.8) is 0 Å². The lowest BCUT2D eigenvalue weighted by Crippen LogP contribution is -2.29. The second-order valence-corrected chi connectivity index (χ2v) is 2.81. The minimum Gasteiger partial charge on any atom is -0.464 e. The van der Waals surface area contributed by atoms with E-state index in [1.54, 1.807) is 6.92 Å². The zero-order chi connectivity index (χ0) is 8.15. The molecule has 0 amide bonds. The van der Waals surface area contributed by atoms with Gasteiger partial charge in [-0.15, -0.1) is 0 Å². The average molecular weight is 145 g/mol. The van der Waals surface area contributed by atoms with Crippen LogP contribution in [0.25, 0.3) is 0 Å². The quantitative estimate of drug-likeness (QED) is 0.589. The fraction of sp³-hybridized carbons (Fsp3) is 0.857. The Balaban J connectivity index is 3.40. The van der Waals surface area contributed by atoms with Crippen molar-refractivity contribution in [1.82, 2.24) is 0 Å². The van der Waals surface area contributed by atoms with Gasteiger partial charge in [0.15, 0.2) is 0 Å². The average Bonchev–Trinajstić information content (AvgIpc) is 1.82. The number of nitrogens with two attached hydrogens (primary N) is 1. The summed E-state index contributed by atoms with van der Waals surface area (Å²) in [5, 5.41) is 0. The summed E-state index contributed by atoms with van der Waals surface area (Å²) in [5.74, 6) is 0.0522. The van der Waals surface area contributed by atoms with Crippen molar-refractivity contribution in [2.45, 2.75) is 26.8 Å². The van der Waals surface area contributed by atoms with Crippen molar-refractivity contribution < 1.29 is 9.53 Å². The fourth-order valence-electron chi connectivity index (χ4n) is 0.380. The van der Waals surface area contributed by atoms with Crippen molar-refractivity contribution in [2.75, 3.05) is 6.61 Å². The van der Waals surface area contributed by atoms with Gasteiger partial charge in [0.25, 0.3) is 0 Å². The summed E-state index contributed by atoms with van der Waals surface area (Å²) in [5.41, 5.74) is 5.25. The third kappa shape index (κ3) is 4.32. The Bertz CT molecular complexity index is 110. The molecule has 0 aromatic carbocycles. The first-order chi connectivity index (χ1) is 4.54. The van der Waals surface area contributed by atoms with Crippen LogP contribution in [0.3, 0.4) is 0 Å². The minimum atomic E-state index is -0.501. The molecular weight excluding hydrogens is 130 g/mol. The fourth-order valence-corrected chi connectivity index (χ4v) is 0.380. The summed E-state index contributed by atoms with van der Waals surface area (Å²) < 4.78 is 4.80. The molecule has 0 heterocycles. The molecule has 0 aliphatic rings. The molecule has 2 N–H and O–H groups in total. The molecule has 0 aliphatic carbocycles. The Labute approximate surface area is 61.5 Å². The summed E-state index contributed by atoms with van der Waals surface area (Å²) in [7, 11) is 0. The summed E-state index contributed by atoms with van der Waals surface area (Å²) in [6.45, 7) is 6.03. The molecule has 0 saturated heterocycles. The van der Waals surface area contributed by atoms with Gasteiger partial charge in [0, 0.05) is 0 Å². The molecule has 0 spiro atoms. The second-order valence-electron chi connectivity index (χ2n) is 2.81. The van der Waals surface area contributed by atoms with Crippen LogP contribution >= 0.6 is 0 Å². The summed E-state index contributed by atoms with van der Waals surface area (Å²) in [6, 6.07) is -0.501. The van der Waals surface area contributed by atoms with Crippen molar-refractivity contribution in [3.05, 3.63) is 0 Å². The highest BCUT2D eigenvalue weighted by atomic mass is 16.5. The molecule has 1 atom stereocenters. The van der Waals surface area contributed by atoms with E-state index < -0.39 is 6.04 Å². The van der Waals surface area contributed by atoms with Crippen molar-refractivity contribution in [2.24, 2.45) is 11.7 Å². The highest BCUT2D eigenvalue weighted by Gasteiger charge is 2.08. The maximum Gasteiger partial charge on any atom is 0.322 e. The number of rotatable bonds is 3. The van der Waals surface area contributed by atoms with Gasteiger partial charge in [0.1, 0.15) is 6.04 Å². The number of hydrogen-bond donors (Lipinski definition) is 1. The molecule has 3 nitrogen and oxygen atoms in total. The van der Waals surface area contributed by atoms with E-state index in [4.69, 9.17) is 10.5 Å². The molecule has 0 radical (unpaired) electrons. The van der Waals surface area contributed by atoms with Gasteiger partial charge in [-0.2, -0.15) is 0 Å². The lowest BCUT2D eigenvalue weighted by Gasteiger charge is -2.08. The molecule has 0 bridgehead atoms. The number of carbonyl (C=O) groups is 1. The normalized spacial score (nSPS) is 13.3. The maximum absolute atomic E-state index is 10.7. The molecule has 3 heteroatoms. The second kappa shape index (κ2) is 4.28. The molecule has 1 unspecified atom stereocenters. The molecule has 0 fully saturated rings. The summed E-state index contributed by atoms with van der Waals surface area (Å²) in [4.78, 5) is 10.7. The number of hydrogen-bond acceptors (Lipinski definition) is 3. The highest BCUT2D eigenvalue weighted by molar-refractivity contribution is 5.74. The molecule has 10 heavy (non-hydrogen) atoms. The standard InChI is InChI=1S/C7H15NO2/c1-5(2)4-10-7(9)6(3)8/h5-6H,4,8H2,1-3H3. The van der Waals surface area contributed by atoms with Gasteiger partial charge >= 0.3 is 5.97 Å². The van der Waals surface area contributed by atoms with E-state index in [0.29, 0.717) is 12.5 Å². The van der Waals surface area contributed by atoms with Gasteiger partial charge in [0.05, 0.1) is 6.61 Å². The number of carbonyl (C=O) groups excluding carboxylic acids is 1. The van der Waals surface area contributed by atoms with Crippen LogP contribution in [-0.2, 0) is 9.53 Å². The molecule has 0 aromatic rings. The van der Waals surface area contributed by atoms with Crippen LogP contribution in [0.5, 0.6) is 0 Å². The van der Waals surface area contributed by atoms with Crippen LogP contribution in [-0.4, -0.2) is 18.6 Å². The smallest absolute Gasteiger partial charge is 0.322 e. The number of ether oxygens (including phenoxy) is 1. The third-order valence-electron chi connectivity index (χ3n) is 0.931. The van der Waals surface area contributed by atoms with Crippen molar-refractivity contribution >= 4 is 5.97 Å². The van der Waals surface area contributed by atoms with Gasteiger partial charge in [0.2, 0.25) is 0 Å². The Morgan fingerprint density at radius 3 is 2.30 bits per heavy atom. The van der Waals surface area contributed by atoms with Crippen LogP contribution in [0, 0.1) is 5.92 Å². The van der Waals surface area contributed by atoms with E-state index in [1.165, 1.54) is 0 Å². The molecule has 60 valence electrons. The van der Waals surface area contributed by atoms with E-state index in [-0.39, 0.29) is 5.97 Å². The Hall–Kier alpha value is -0.570.